The van der Waals surface area contributed by atoms with Gasteiger partial charge in [-0.3, -0.25) is 19.1 Å². The molecular formula is C27H27ClFN3O3. The lowest BCUT2D eigenvalue weighted by Gasteiger charge is -2.24. The summed E-state index contributed by atoms with van der Waals surface area (Å²) in [4.78, 5) is 40.3. The Morgan fingerprint density at radius 2 is 1.86 bits per heavy atom. The van der Waals surface area contributed by atoms with Crippen LogP contribution in [0.5, 0.6) is 0 Å². The number of halogens is 2. The smallest absolute Gasteiger partial charge is 0.244 e. The van der Waals surface area contributed by atoms with Gasteiger partial charge in [0.1, 0.15) is 18.1 Å². The van der Waals surface area contributed by atoms with Crippen LogP contribution in [-0.4, -0.2) is 44.7 Å². The van der Waals surface area contributed by atoms with Crippen LogP contribution in [0, 0.1) is 5.82 Å². The molecule has 0 aliphatic carbocycles. The minimum absolute atomic E-state index is 0.0275. The molecule has 0 spiro atoms. The molecule has 2 aliphatic rings. The molecule has 2 aromatic carbocycles. The van der Waals surface area contributed by atoms with E-state index < -0.39 is 11.9 Å². The number of hydrogen-bond acceptors (Lipinski definition) is 4. The topological polar surface area (TPSA) is 72.3 Å². The number of benzene rings is 2. The van der Waals surface area contributed by atoms with E-state index in [1.807, 2.05) is 18.2 Å². The summed E-state index contributed by atoms with van der Waals surface area (Å²) in [6.07, 6.45) is 4.46. The third-order valence-corrected chi connectivity index (χ3v) is 7.36. The van der Waals surface area contributed by atoms with E-state index in [4.69, 9.17) is 11.6 Å². The first-order valence-electron chi connectivity index (χ1n) is 12.1. The largest absolute Gasteiger partial charge is 0.331 e. The van der Waals surface area contributed by atoms with E-state index in [-0.39, 0.29) is 41.0 Å². The van der Waals surface area contributed by atoms with Crippen molar-refractivity contribution in [3.63, 3.8) is 0 Å². The molecule has 1 saturated heterocycles. The van der Waals surface area contributed by atoms with Crippen molar-refractivity contribution in [3.05, 3.63) is 63.6 Å². The van der Waals surface area contributed by atoms with Crippen LogP contribution in [0.4, 0.5) is 4.39 Å². The average Bonchev–Trinajstić information content (AvgIpc) is 3.45. The highest BCUT2D eigenvalue weighted by atomic mass is 35.5. The normalized spacial score (nSPS) is 19.3. The SMILES string of the molecule is CC(=O)c1nn2c3cc(ccc13)CCCCc1cc(Cl)c(F)c(c1)CC(=O)[C@@H]1CCCN1C(=O)C2. The van der Waals surface area contributed by atoms with E-state index in [1.54, 1.807) is 21.7 Å². The van der Waals surface area contributed by atoms with Crippen molar-refractivity contribution in [1.29, 1.82) is 0 Å². The first-order chi connectivity index (χ1) is 16.8. The van der Waals surface area contributed by atoms with Gasteiger partial charge in [0, 0.05) is 25.3 Å². The van der Waals surface area contributed by atoms with Gasteiger partial charge < -0.3 is 4.90 Å². The quantitative estimate of drug-likeness (QED) is 0.458. The van der Waals surface area contributed by atoms with Gasteiger partial charge >= 0.3 is 0 Å². The van der Waals surface area contributed by atoms with Crippen molar-refractivity contribution in [2.75, 3.05) is 6.54 Å². The Kier molecular flexibility index (Phi) is 6.45. The lowest BCUT2D eigenvalue weighted by atomic mass is 9.97. The number of carbonyl (C=O) groups is 3. The number of hydrogen-bond donors (Lipinski definition) is 0. The van der Waals surface area contributed by atoms with Crippen molar-refractivity contribution in [3.8, 4) is 0 Å². The molecule has 8 heteroatoms. The predicted octanol–water partition coefficient (Wildman–Crippen LogP) is 4.71. The zero-order valence-corrected chi connectivity index (χ0v) is 20.4. The van der Waals surface area contributed by atoms with Gasteiger partial charge in [0.05, 0.1) is 16.6 Å². The van der Waals surface area contributed by atoms with Crippen LogP contribution in [0.2, 0.25) is 5.02 Å². The van der Waals surface area contributed by atoms with Gasteiger partial charge in [0.15, 0.2) is 11.6 Å². The van der Waals surface area contributed by atoms with Gasteiger partial charge in [-0.1, -0.05) is 29.8 Å². The van der Waals surface area contributed by atoms with E-state index in [9.17, 15) is 18.8 Å². The van der Waals surface area contributed by atoms with Crippen molar-refractivity contribution >= 4 is 40.0 Å². The van der Waals surface area contributed by atoms with Gasteiger partial charge in [0.25, 0.3) is 0 Å². The lowest BCUT2D eigenvalue weighted by molar-refractivity contribution is -0.138. The van der Waals surface area contributed by atoms with Crippen molar-refractivity contribution in [2.24, 2.45) is 0 Å². The number of aryl methyl sites for hydroxylation is 2. The first-order valence-corrected chi connectivity index (χ1v) is 12.5. The minimum atomic E-state index is -0.607. The van der Waals surface area contributed by atoms with Gasteiger partial charge in [-0.2, -0.15) is 5.10 Å². The fourth-order valence-corrected chi connectivity index (χ4v) is 5.58. The fourth-order valence-electron chi connectivity index (χ4n) is 5.32. The molecule has 2 aliphatic heterocycles. The summed E-state index contributed by atoms with van der Waals surface area (Å²) < 4.78 is 16.4. The molecule has 5 rings (SSSR count). The molecule has 0 N–H and O–H groups in total. The predicted molar refractivity (Wildman–Crippen MR) is 131 cm³/mol. The van der Waals surface area contributed by atoms with Crippen molar-refractivity contribution in [2.45, 2.75) is 64.5 Å². The van der Waals surface area contributed by atoms with Crippen LogP contribution in [-0.2, 0) is 35.4 Å². The molecule has 0 radical (unpaired) electrons. The summed E-state index contributed by atoms with van der Waals surface area (Å²) >= 11 is 6.16. The van der Waals surface area contributed by atoms with Crippen molar-refractivity contribution in [1.82, 2.24) is 14.7 Å². The molecule has 1 amide bonds. The number of aromatic nitrogens is 2. The molecule has 4 bridgehead atoms. The van der Waals surface area contributed by atoms with Crippen LogP contribution in [0.1, 0.15) is 59.8 Å². The summed E-state index contributed by atoms with van der Waals surface area (Å²) in [5, 5.41) is 5.22. The summed E-state index contributed by atoms with van der Waals surface area (Å²) in [7, 11) is 0. The molecule has 0 saturated carbocycles. The number of carbonyl (C=O) groups excluding carboxylic acids is 3. The molecule has 35 heavy (non-hydrogen) atoms. The summed E-state index contributed by atoms with van der Waals surface area (Å²) in [6, 6.07) is 8.67. The second-order valence-electron chi connectivity index (χ2n) is 9.56. The third kappa shape index (κ3) is 4.61. The van der Waals surface area contributed by atoms with Crippen LogP contribution >= 0.6 is 11.6 Å². The van der Waals surface area contributed by atoms with Gasteiger partial charge in [-0.25, -0.2) is 4.39 Å². The highest BCUT2D eigenvalue weighted by molar-refractivity contribution is 6.30. The number of fused-ring (bicyclic) bond motifs is 4. The third-order valence-electron chi connectivity index (χ3n) is 7.09. The molecule has 3 aromatic rings. The van der Waals surface area contributed by atoms with E-state index in [2.05, 4.69) is 5.10 Å². The number of Topliss-reactive ketones (excluding diaryl/α,β-unsaturated/α-hetero) is 2. The lowest BCUT2D eigenvalue weighted by Crippen LogP contribution is -2.43. The Morgan fingerprint density at radius 1 is 1.09 bits per heavy atom. The Morgan fingerprint density at radius 3 is 2.63 bits per heavy atom. The first kappa shape index (κ1) is 23.7. The molecule has 3 heterocycles. The highest BCUT2D eigenvalue weighted by Crippen LogP contribution is 2.27. The number of rotatable bonds is 1. The van der Waals surface area contributed by atoms with Gasteiger partial charge in [-0.05, 0) is 67.3 Å². The maximum atomic E-state index is 14.8. The second kappa shape index (κ2) is 9.53. The minimum Gasteiger partial charge on any atom is -0.331 e. The Balaban J connectivity index is 1.55. The Labute approximate surface area is 208 Å². The monoisotopic (exact) mass is 495 g/mol. The zero-order valence-electron chi connectivity index (χ0n) is 19.7. The maximum Gasteiger partial charge on any atom is 0.244 e. The van der Waals surface area contributed by atoms with Gasteiger partial charge in [0.2, 0.25) is 5.91 Å². The van der Waals surface area contributed by atoms with E-state index in [0.717, 1.165) is 47.7 Å². The van der Waals surface area contributed by atoms with Crippen LogP contribution in [0.15, 0.2) is 30.3 Å². The molecule has 1 aromatic heterocycles. The standard InChI is InChI=1S/C27H27ClFN3O3/c1-16(33)27-20-9-8-17-5-2-3-6-18-11-19(26(29)21(28)12-18)14-24(34)22-7-4-10-31(22)25(35)15-32(30-27)23(20)13-17/h8-9,11-13,22H,2-7,10,14-15H2,1H3/t22-/m0/s1. The summed E-state index contributed by atoms with van der Waals surface area (Å²) in [5.74, 6) is -1.15. The summed E-state index contributed by atoms with van der Waals surface area (Å²) in [6.45, 7) is 1.87. The molecule has 6 nitrogen and oxygen atoms in total. The zero-order chi connectivity index (χ0) is 24.7. The van der Waals surface area contributed by atoms with Crippen molar-refractivity contribution < 1.29 is 18.8 Å². The average molecular weight is 496 g/mol. The fraction of sp³-hybridized carbons (Fsp3) is 0.407. The van der Waals surface area contributed by atoms with E-state index >= 15 is 0 Å². The van der Waals surface area contributed by atoms with Gasteiger partial charge in [-0.15, -0.1) is 0 Å². The maximum absolute atomic E-state index is 14.8. The Bertz CT molecular complexity index is 1350. The van der Waals surface area contributed by atoms with Crippen LogP contribution in [0.25, 0.3) is 10.9 Å². The van der Waals surface area contributed by atoms with E-state index in [1.165, 1.54) is 6.92 Å². The summed E-state index contributed by atoms with van der Waals surface area (Å²) in [5.41, 5.74) is 3.37. The molecule has 1 atom stereocenters. The molecule has 182 valence electrons. The van der Waals surface area contributed by atoms with E-state index in [0.29, 0.717) is 25.1 Å². The molecule has 1 fully saturated rings. The number of nitrogens with zero attached hydrogens (tertiary/aromatic N) is 3. The van der Waals surface area contributed by atoms with Crippen LogP contribution in [0.3, 0.4) is 0 Å². The molecular weight excluding hydrogens is 469 g/mol. The molecule has 0 unspecified atom stereocenters. The van der Waals surface area contributed by atoms with Crippen LogP contribution < -0.4 is 0 Å². The highest BCUT2D eigenvalue weighted by Gasteiger charge is 2.34. The second-order valence-corrected chi connectivity index (χ2v) is 9.97. The number of ketones is 2. The Hall–Kier alpha value is -3.06. The number of amides is 1.